The lowest BCUT2D eigenvalue weighted by Gasteiger charge is -2.28. The molecule has 140 valence electrons. The van der Waals surface area contributed by atoms with Gasteiger partial charge in [-0.15, -0.1) is 0 Å². The quantitative estimate of drug-likeness (QED) is 0.593. The van der Waals surface area contributed by atoms with Crippen LogP contribution in [0.1, 0.15) is 30.0 Å². The van der Waals surface area contributed by atoms with Crippen molar-refractivity contribution in [2.24, 2.45) is 0 Å². The molecule has 2 aromatic rings. The maximum absolute atomic E-state index is 11.4. The molecule has 1 atom stereocenters. The second-order valence-electron chi connectivity index (χ2n) is 6.51. The van der Waals surface area contributed by atoms with Crippen molar-refractivity contribution in [1.82, 2.24) is 4.90 Å². The molecule has 1 aliphatic rings. The summed E-state index contributed by atoms with van der Waals surface area (Å²) in [5, 5.41) is 23.6. The number of rotatable bonds is 7. The van der Waals surface area contributed by atoms with Gasteiger partial charge in [-0.2, -0.15) is 5.26 Å². The number of nitrogens with one attached hydrogen (secondary N) is 1. The summed E-state index contributed by atoms with van der Waals surface area (Å²) < 4.78 is 5.24. The highest BCUT2D eigenvalue weighted by Crippen LogP contribution is 2.30. The minimum Gasteiger partial charge on any atom is -0.497 e. The van der Waals surface area contributed by atoms with E-state index in [2.05, 4.69) is 10.2 Å². The molecule has 0 amide bonds. The highest BCUT2D eigenvalue weighted by Gasteiger charge is 2.24. The van der Waals surface area contributed by atoms with E-state index in [-0.39, 0.29) is 17.3 Å². The third-order valence-electron chi connectivity index (χ3n) is 4.89. The van der Waals surface area contributed by atoms with Gasteiger partial charge in [0, 0.05) is 12.6 Å². The SMILES string of the molecule is COc1ccc(C(CNc2ccc(C#N)cc2[N+](=O)[O-])N2CCCC2)cc1. The molecule has 27 heavy (non-hydrogen) atoms. The molecule has 7 nitrogen and oxygen atoms in total. The smallest absolute Gasteiger partial charge is 0.293 e. The van der Waals surface area contributed by atoms with Crippen molar-refractivity contribution in [2.75, 3.05) is 32.1 Å². The first kappa shape index (κ1) is 18.7. The van der Waals surface area contributed by atoms with Gasteiger partial charge in [0.15, 0.2) is 0 Å². The maximum atomic E-state index is 11.4. The Balaban J connectivity index is 1.82. The van der Waals surface area contributed by atoms with Crippen LogP contribution in [-0.2, 0) is 0 Å². The van der Waals surface area contributed by atoms with Crippen LogP contribution in [0.4, 0.5) is 11.4 Å². The minimum atomic E-state index is -0.457. The fraction of sp³-hybridized carbons (Fsp3) is 0.350. The van der Waals surface area contributed by atoms with Gasteiger partial charge in [0.25, 0.3) is 5.69 Å². The normalized spacial score (nSPS) is 15.1. The van der Waals surface area contributed by atoms with Crippen LogP contribution in [0.3, 0.4) is 0 Å². The molecule has 1 saturated heterocycles. The topological polar surface area (TPSA) is 91.4 Å². The van der Waals surface area contributed by atoms with E-state index < -0.39 is 4.92 Å². The minimum absolute atomic E-state index is 0.0797. The van der Waals surface area contributed by atoms with Gasteiger partial charge < -0.3 is 10.1 Å². The van der Waals surface area contributed by atoms with Gasteiger partial charge in [-0.1, -0.05) is 12.1 Å². The molecule has 1 fully saturated rings. The molecule has 1 heterocycles. The highest BCUT2D eigenvalue weighted by molar-refractivity contribution is 5.64. The molecular weight excluding hydrogens is 344 g/mol. The van der Waals surface area contributed by atoms with E-state index >= 15 is 0 Å². The number of hydrogen-bond acceptors (Lipinski definition) is 6. The van der Waals surface area contributed by atoms with E-state index in [1.165, 1.54) is 6.07 Å². The van der Waals surface area contributed by atoms with Crippen LogP contribution in [0.25, 0.3) is 0 Å². The number of nitrogens with zero attached hydrogens (tertiary/aromatic N) is 3. The predicted molar refractivity (Wildman–Crippen MR) is 103 cm³/mol. The average molecular weight is 366 g/mol. The lowest BCUT2D eigenvalue weighted by molar-refractivity contribution is -0.384. The summed E-state index contributed by atoms with van der Waals surface area (Å²) in [5.41, 5.74) is 1.76. The standard InChI is InChI=1S/C20H22N4O3/c1-27-17-7-5-16(6-8-17)20(23-10-2-3-11-23)14-22-18-9-4-15(13-21)12-19(18)24(25)26/h4-9,12,20,22H,2-3,10-11,14H2,1H3. The van der Waals surface area contributed by atoms with Crippen molar-refractivity contribution in [1.29, 1.82) is 5.26 Å². The third-order valence-corrected chi connectivity index (χ3v) is 4.89. The molecule has 0 aliphatic carbocycles. The van der Waals surface area contributed by atoms with Gasteiger partial charge in [0.05, 0.1) is 29.7 Å². The van der Waals surface area contributed by atoms with E-state index in [9.17, 15) is 10.1 Å². The van der Waals surface area contributed by atoms with Gasteiger partial charge >= 0.3 is 0 Å². The van der Waals surface area contributed by atoms with E-state index in [4.69, 9.17) is 10.00 Å². The second kappa shape index (κ2) is 8.52. The monoisotopic (exact) mass is 366 g/mol. The van der Waals surface area contributed by atoms with Crippen LogP contribution < -0.4 is 10.1 Å². The first-order valence-corrected chi connectivity index (χ1v) is 8.93. The lowest BCUT2D eigenvalue weighted by atomic mass is 10.0. The number of nitro groups is 1. The second-order valence-corrected chi connectivity index (χ2v) is 6.51. The van der Waals surface area contributed by atoms with Gasteiger partial charge in [-0.25, -0.2) is 0 Å². The number of nitro benzene ring substituents is 1. The predicted octanol–water partition coefficient (Wildman–Crippen LogP) is 3.72. The van der Waals surface area contributed by atoms with Crippen LogP contribution >= 0.6 is 0 Å². The Morgan fingerprint density at radius 1 is 1.26 bits per heavy atom. The first-order valence-electron chi connectivity index (χ1n) is 8.93. The van der Waals surface area contributed by atoms with Gasteiger partial charge in [0.2, 0.25) is 0 Å². The van der Waals surface area contributed by atoms with Gasteiger partial charge in [-0.3, -0.25) is 15.0 Å². The molecule has 0 radical (unpaired) electrons. The van der Waals surface area contributed by atoms with Crippen LogP contribution in [0, 0.1) is 21.4 Å². The molecule has 1 aliphatic heterocycles. The van der Waals surface area contributed by atoms with E-state index in [1.807, 2.05) is 30.3 Å². The van der Waals surface area contributed by atoms with E-state index in [0.29, 0.717) is 12.2 Å². The molecule has 3 rings (SSSR count). The van der Waals surface area contributed by atoms with Crippen molar-refractivity contribution >= 4 is 11.4 Å². The van der Waals surface area contributed by atoms with Crippen LogP contribution in [0.5, 0.6) is 5.75 Å². The molecular formula is C20H22N4O3. The number of likely N-dealkylation sites (tertiary alicyclic amines) is 1. The maximum Gasteiger partial charge on any atom is 0.293 e. The lowest BCUT2D eigenvalue weighted by Crippen LogP contribution is -2.31. The Morgan fingerprint density at radius 2 is 1.96 bits per heavy atom. The van der Waals surface area contributed by atoms with Crippen molar-refractivity contribution in [3.63, 3.8) is 0 Å². The van der Waals surface area contributed by atoms with Crippen LogP contribution in [0.15, 0.2) is 42.5 Å². The summed E-state index contributed by atoms with van der Waals surface area (Å²) in [6.45, 7) is 2.56. The summed E-state index contributed by atoms with van der Waals surface area (Å²) in [7, 11) is 1.64. The Morgan fingerprint density at radius 3 is 2.56 bits per heavy atom. The number of methoxy groups -OCH3 is 1. The molecule has 0 bridgehead atoms. The summed E-state index contributed by atoms with van der Waals surface area (Å²) in [5.74, 6) is 0.801. The number of hydrogen-bond donors (Lipinski definition) is 1. The zero-order valence-electron chi connectivity index (χ0n) is 15.2. The first-order chi connectivity index (χ1) is 13.1. The largest absolute Gasteiger partial charge is 0.497 e. The molecule has 0 aromatic heterocycles. The molecule has 7 heteroatoms. The number of nitriles is 1. The fourth-order valence-electron chi connectivity index (χ4n) is 3.45. The molecule has 1 unspecified atom stereocenters. The fourth-order valence-corrected chi connectivity index (χ4v) is 3.45. The Hall–Kier alpha value is -3.11. The van der Waals surface area contributed by atoms with Crippen molar-refractivity contribution in [2.45, 2.75) is 18.9 Å². The van der Waals surface area contributed by atoms with Crippen LogP contribution in [-0.4, -0.2) is 36.6 Å². The van der Waals surface area contributed by atoms with Crippen molar-refractivity contribution in [3.05, 3.63) is 63.7 Å². The number of ether oxygens (including phenoxy) is 1. The Kier molecular flexibility index (Phi) is 5.89. The van der Waals surface area contributed by atoms with Gasteiger partial charge in [-0.05, 0) is 55.8 Å². The summed E-state index contributed by atoms with van der Waals surface area (Å²) in [4.78, 5) is 13.3. The van der Waals surface area contributed by atoms with Gasteiger partial charge in [0.1, 0.15) is 11.4 Å². The van der Waals surface area contributed by atoms with Crippen molar-refractivity contribution in [3.8, 4) is 11.8 Å². The van der Waals surface area contributed by atoms with Crippen LogP contribution in [0.2, 0.25) is 0 Å². The van der Waals surface area contributed by atoms with Crippen molar-refractivity contribution < 1.29 is 9.66 Å². The average Bonchev–Trinajstić information content (AvgIpc) is 3.23. The summed E-state index contributed by atoms with van der Waals surface area (Å²) in [6, 6.07) is 14.5. The molecule has 2 aromatic carbocycles. The molecule has 0 spiro atoms. The number of benzene rings is 2. The van der Waals surface area contributed by atoms with E-state index in [1.54, 1.807) is 19.2 Å². The molecule has 1 N–H and O–H groups in total. The summed E-state index contributed by atoms with van der Waals surface area (Å²) in [6.07, 6.45) is 2.31. The zero-order valence-corrected chi connectivity index (χ0v) is 15.2. The molecule has 0 saturated carbocycles. The zero-order chi connectivity index (χ0) is 19.2. The number of anilines is 1. The third kappa shape index (κ3) is 4.36. The highest BCUT2D eigenvalue weighted by atomic mass is 16.6. The Bertz CT molecular complexity index is 839. The Labute approximate surface area is 158 Å². The summed E-state index contributed by atoms with van der Waals surface area (Å²) >= 11 is 0. The van der Waals surface area contributed by atoms with E-state index in [0.717, 1.165) is 37.2 Å².